The van der Waals surface area contributed by atoms with E-state index < -0.39 is 0 Å². The van der Waals surface area contributed by atoms with E-state index in [2.05, 4.69) is 131 Å². The van der Waals surface area contributed by atoms with Crippen molar-refractivity contribution in [3.63, 3.8) is 0 Å². The van der Waals surface area contributed by atoms with E-state index in [1.165, 1.54) is 32.9 Å². The Kier molecular flexibility index (Phi) is 7.38. The highest BCUT2D eigenvalue weighted by molar-refractivity contribution is 6.12. The van der Waals surface area contributed by atoms with Gasteiger partial charge in [0.1, 0.15) is 5.58 Å². The average Bonchev–Trinajstić information content (AvgIpc) is 3.83. The fraction of sp³-hybridized carbons (Fsp3) is 0. The Bertz CT molecular complexity index is 3220. The summed E-state index contributed by atoms with van der Waals surface area (Å²) in [7, 11) is 0. The minimum atomic E-state index is 0.583. The molecule has 0 aliphatic heterocycles. The first-order valence-electron chi connectivity index (χ1n) is 18.6. The summed E-state index contributed by atoms with van der Waals surface area (Å²) in [5.74, 6) is 1.79. The lowest BCUT2D eigenvalue weighted by Gasteiger charge is -2.11. The van der Waals surface area contributed by atoms with E-state index in [0.29, 0.717) is 17.5 Å². The van der Waals surface area contributed by atoms with Crippen LogP contribution < -0.4 is 0 Å². The van der Waals surface area contributed by atoms with Crippen LogP contribution in [0.2, 0.25) is 0 Å². The Labute approximate surface area is 322 Å². The Morgan fingerprint density at radius 3 is 1.75 bits per heavy atom. The van der Waals surface area contributed by atoms with Gasteiger partial charge >= 0.3 is 0 Å². The summed E-state index contributed by atoms with van der Waals surface area (Å²) in [5.41, 5.74) is 12.3. The zero-order valence-electron chi connectivity index (χ0n) is 30.0. The largest absolute Gasteiger partial charge is 0.454 e. The molecule has 0 unspecified atom stereocenters. The van der Waals surface area contributed by atoms with E-state index in [4.69, 9.17) is 19.4 Å². The van der Waals surface area contributed by atoms with E-state index in [9.17, 15) is 0 Å². The van der Waals surface area contributed by atoms with Crippen LogP contribution in [0, 0.1) is 0 Å². The van der Waals surface area contributed by atoms with Gasteiger partial charge in [-0.2, -0.15) is 0 Å². The molecule has 0 bridgehead atoms. The highest BCUT2D eigenvalue weighted by Crippen LogP contribution is 2.38. The van der Waals surface area contributed by atoms with Gasteiger partial charge < -0.3 is 8.98 Å². The Hall–Kier alpha value is -7.70. The van der Waals surface area contributed by atoms with Crippen molar-refractivity contribution in [2.45, 2.75) is 0 Å². The van der Waals surface area contributed by atoms with E-state index in [0.717, 1.165) is 55.4 Å². The van der Waals surface area contributed by atoms with Gasteiger partial charge in [-0.15, -0.1) is 0 Å². The van der Waals surface area contributed by atoms with Crippen molar-refractivity contribution in [3.8, 4) is 62.1 Å². The van der Waals surface area contributed by atoms with Gasteiger partial charge in [-0.25, -0.2) is 15.0 Å². The third-order valence-corrected chi connectivity index (χ3v) is 10.6. The number of aromatic nitrogens is 5. The number of benzene rings is 7. The van der Waals surface area contributed by atoms with Crippen LogP contribution in [0.25, 0.3) is 106 Å². The van der Waals surface area contributed by atoms with Crippen LogP contribution in [0.1, 0.15) is 0 Å². The van der Waals surface area contributed by atoms with Crippen molar-refractivity contribution in [1.29, 1.82) is 0 Å². The molecule has 0 aliphatic rings. The van der Waals surface area contributed by atoms with Crippen LogP contribution in [0.3, 0.4) is 0 Å². The maximum absolute atomic E-state index is 6.15. The summed E-state index contributed by atoms with van der Waals surface area (Å²) in [6.45, 7) is 0. The van der Waals surface area contributed by atoms with Crippen LogP contribution in [-0.2, 0) is 0 Å². The van der Waals surface area contributed by atoms with Crippen molar-refractivity contribution in [3.05, 3.63) is 188 Å². The van der Waals surface area contributed by atoms with Gasteiger partial charge in [0.25, 0.3) is 0 Å². The number of nitrogens with zero attached hydrogens (tertiary/aromatic N) is 5. The molecule has 11 rings (SSSR count). The third-order valence-electron chi connectivity index (χ3n) is 10.6. The van der Waals surface area contributed by atoms with E-state index in [-0.39, 0.29) is 0 Å². The lowest BCUT2D eigenvalue weighted by molar-refractivity contribution is 0.667. The molecule has 4 aromatic heterocycles. The molecule has 0 amide bonds. The molecule has 262 valence electrons. The molecule has 0 atom stereocenters. The molecule has 0 fully saturated rings. The summed E-state index contributed by atoms with van der Waals surface area (Å²) < 4.78 is 8.52. The van der Waals surface area contributed by atoms with Gasteiger partial charge in [-0.1, -0.05) is 140 Å². The maximum atomic E-state index is 6.15. The molecular formula is C50H31N5O. The summed E-state index contributed by atoms with van der Waals surface area (Å²) in [6.07, 6.45) is 3.53. The number of furan rings is 1. The predicted octanol–water partition coefficient (Wildman–Crippen LogP) is 12.6. The van der Waals surface area contributed by atoms with E-state index in [1.54, 1.807) is 12.4 Å². The lowest BCUT2D eigenvalue weighted by atomic mass is 10.0. The molecule has 56 heavy (non-hydrogen) atoms. The first kappa shape index (κ1) is 31.8. The van der Waals surface area contributed by atoms with Crippen LogP contribution >= 0.6 is 0 Å². The fourth-order valence-corrected chi connectivity index (χ4v) is 7.88. The van der Waals surface area contributed by atoms with Gasteiger partial charge in [0.05, 0.1) is 17.2 Å². The number of hydrogen-bond donors (Lipinski definition) is 0. The first-order chi connectivity index (χ1) is 27.7. The zero-order chi connectivity index (χ0) is 37.0. The topological polar surface area (TPSA) is 69.6 Å². The van der Waals surface area contributed by atoms with Crippen molar-refractivity contribution in [2.75, 3.05) is 0 Å². The van der Waals surface area contributed by atoms with Crippen LogP contribution in [0.15, 0.2) is 193 Å². The van der Waals surface area contributed by atoms with Crippen LogP contribution in [0.4, 0.5) is 0 Å². The molecule has 6 nitrogen and oxygen atoms in total. The van der Waals surface area contributed by atoms with E-state index >= 15 is 0 Å². The van der Waals surface area contributed by atoms with Gasteiger partial charge in [0.2, 0.25) is 0 Å². The Morgan fingerprint density at radius 1 is 0.393 bits per heavy atom. The van der Waals surface area contributed by atoms with Crippen molar-refractivity contribution < 1.29 is 4.42 Å². The van der Waals surface area contributed by atoms with Gasteiger partial charge in [0.15, 0.2) is 23.1 Å². The summed E-state index contributed by atoms with van der Waals surface area (Å²) >= 11 is 0. The van der Waals surface area contributed by atoms with Gasteiger partial charge in [0, 0.05) is 50.1 Å². The summed E-state index contributed by atoms with van der Waals surface area (Å²) in [5, 5.41) is 4.41. The minimum Gasteiger partial charge on any atom is -0.454 e. The lowest BCUT2D eigenvalue weighted by Crippen LogP contribution is -2.00. The fourth-order valence-electron chi connectivity index (χ4n) is 7.88. The van der Waals surface area contributed by atoms with Gasteiger partial charge in [-0.3, -0.25) is 4.98 Å². The molecule has 0 aliphatic carbocycles. The number of fused-ring (bicyclic) bond motifs is 6. The number of pyridine rings is 1. The summed E-state index contributed by atoms with van der Waals surface area (Å²) in [6, 6.07) is 61.3. The molecule has 0 spiro atoms. The molecule has 7 aromatic carbocycles. The normalized spacial score (nSPS) is 11.6. The Morgan fingerprint density at radius 2 is 0.982 bits per heavy atom. The molecule has 0 N–H and O–H groups in total. The summed E-state index contributed by atoms with van der Waals surface area (Å²) in [4.78, 5) is 19.3. The predicted molar refractivity (Wildman–Crippen MR) is 226 cm³/mol. The minimum absolute atomic E-state index is 0.583. The molecule has 6 heteroatoms. The average molecular weight is 718 g/mol. The molecule has 4 heterocycles. The van der Waals surface area contributed by atoms with Crippen LogP contribution in [0.5, 0.6) is 0 Å². The molecule has 0 radical (unpaired) electrons. The number of para-hydroxylation sites is 1. The molecular weight excluding hydrogens is 687 g/mol. The third kappa shape index (κ3) is 5.35. The van der Waals surface area contributed by atoms with Crippen molar-refractivity contribution in [1.82, 2.24) is 24.5 Å². The SMILES string of the molecule is c1ccc(-c2ccc3c4ccccc4n(-c4ccc(-c5ccc(-c6nc(-c7ccccc7)nc(-c7cccc8oc9cnccc9c78)n6)cc5)cc4)c3c2)cc1. The monoisotopic (exact) mass is 717 g/mol. The zero-order valence-corrected chi connectivity index (χ0v) is 30.0. The van der Waals surface area contributed by atoms with Gasteiger partial charge in [-0.05, 0) is 58.7 Å². The van der Waals surface area contributed by atoms with Crippen LogP contribution in [-0.4, -0.2) is 24.5 Å². The second-order valence-corrected chi connectivity index (χ2v) is 13.9. The Balaban J connectivity index is 0.972. The van der Waals surface area contributed by atoms with Crippen molar-refractivity contribution in [2.24, 2.45) is 0 Å². The molecule has 0 saturated heterocycles. The standard InChI is InChI=1S/C50H31N5O/c1-3-10-32(11-4-1)37-24-27-40-39-14-7-8-16-43(39)55(44(40)30-37)38-25-22-34(23-26-38)33-18-20-36(21-19-33)49-52-48(35-12-5-2-6-13-35)53-50(54-49)42-15-9-17-45-47(42)41-28-29-51-31-46(41)56-45/h1-31H. The molecule has 11 aromatic rings. The first-order valence-corrected chi connectivity index (χ1v) is 18.6. The quantitative estimate of drug-likeness (QED) is 0.171. The maximum Gasteiger partial charge on any atom is 0.164 e. The van der Waals surface area contributed by atoms with E-state index in [1.807, 2.05) is 54.6 Å². The molecule has 0 saturated carbocycles. The highest BCUT2D eigenvalue weighted by Gasteiger charge is 2.18. The number of rotatable bonds is 6. The van der Waals surface area contributed by atoms with Crippen molar-refractivity contribution >= 4 is 43.7 Å². The highest BCUT2D eigenvalue weighted by atomic mass is 16.3. The number of hydrogen-bond acceptors (Lipinski definition) is 5. The second kappa shape index (κ2) is 13.0. The second-order valence-electron chi connectivity index (χ2n) is 13.9. The smallest absolute Gasteiger partial charge is 0.164 e.